The van der Waals surface area contributed by atoms with Crippen LogP contribution in [-0.4, -0.2) is 44.9 Å². The highest BCUT2D eigenvalue weighted by Crippen LogP contribution is 2.41. The Balaban J connectivity index is 0.000000122. The van der Waals surface area contributed by atoms with Gasteiger partial charge < -0.3 is 4.42 Å². The maximum atomic E-state index is 5.95. The van der Waals surface area contributed by atoms with Crippen LogP contribution in [0.15, 0.2) is 314 Å². The molecule has 0 fully saturated rings. The number of pyridine rings is 2. The van der Waals surface area contributed by atoms with Crippen molar-refractivity contribution in [2.45, 2.75) is 157 Å². The third kappa shape index (κ3) is 20.4. The van der Waals surface area contributed by atoms with E-state index in [2.05, 4.69) is 289 Å². The highest BCUT2D eigenvalue weighted by molar-refractivity contribution is 7.26. The van der Waals surface area contributed by atoms with Crippen LogP contribution in [0.2, 0.25) is 0 Å². The van der Waals surface area contributed by atoms with Gasteiger partial charge in [-0.3, -0.25) is 9.97 Å². The lowest BCUT2D eigenvalue weighted by atomic mass is 9.86. The molecule has 117 heavy (non-hydrogen) atoms. The number of hydrogen-bond acceptors (Lipinski definition) is 12. The lowest BCUT2D eigenvalue weighted by molar-refractivity contribution is 0.543. The second kappa shape index (κ2) is 35.2. The number of rotatable bonds is 6. The fourth-order valence-electron chi connectivity index (χ4n) is 13.3. The van der Waals surface area contributed by atoms with Gasteiger partial charge in [0.2, 0.25) is 0 Å². The van der Waals surface area contributed by atoms with Crippen molar-refractivity contribution in [1.29, 1.82) is 0 Å². The van der Waals surface area contributed by atoms with Crippen molar-refractivity contribution in [1.82, 2.24) is 44.9 Å². The summed E-state index contributed by atoms with van der Waals surface area (Å²) in [7, 11) is 0. The molecule has 0 saturated carbocycles. The van der Waals surface area contributed by atoms with Gasteiger partial charge in [-0.15, -0.1) is 22.7 Å². The number of aromatic nitrogens is 9. The molecule has 0 saturated heterocycles. The van der Waals surface area contributed by atoms with E-state index in [4.69, 9.17) is 24.4 Å². The minimum Gasteiger partial charge on any atom is -0.454 e. The SMILES string of the molecule is CC(C)(C)c1cc(-c2ccccc2)nc(-c2ccccc2)n1.CC(C)(C)c1ccc2sc3ccccc3c2c1.CC(C)(C)c1nc(-c2ccccc2)cc(-c2ccccc2)n1.CC(C)(C)c1nc(-c2ccccc2)nc(-c2ccccc2)n1.CC(C)(C)c1nccc2c1oc1ccccc12.CC(C)(C)c1nccc2c1sc1ccccc12. The Morgan fingerprint density at radius 1 is 0.248 bits per heavy atom. The van der Waals surface area contributed by atoms with Crippen LogP contribution < -0.4 is 0 Å². The van der Waals surface area contributed by atoms with E-state index in [1.54, 1.807) is 0 Å². The summed E-state index contributed by atoms with van der Waals surface area (Å²) in [6.07, 6.45) is 3.80. The molecule has 10 nitrogen and oxygen atoms in total. The highest BCUT2D eigenvalue weighted by Gasteiger charge is 2.26. The van der Waals surface area contributed by atoms with Crippen LogP contribution in [0.1, 0.15) is 159 Å². The van der Waals surface area contributed by atoms with Gasteiger partial charge in [0.05, 0.1) is 38.9 Å². The van der Waals surface area contributed by atoms with Crippen LogP contribution >= 0.6 is 22.7 Å². The highest BCUT2D eigenvalue weighted by atomic mass is 32.1. The molecule has 0 N–H and O–H groups in total. The topological polar surface area (TPSA) is 129 Å². The van der Waals surface area contributed by atoms with E-state index in [-0.39, 0.29) is 32.5 Å². The summed E-state index contributed by atoms with van der Waals surface area (Å²) in [6.45, 7) is 39.3. The largest absolute Gasteiger partial charge is 0.454 e. The molecule has 0 spiro atoms. The first-order chi connectivity index (χ1) is 55.8. The maximum absolute atomic E-state index is 5.95. The zero-order valence-corrected chi connectivity index (χ0v) is 72.3. The van der Waals surface area contributed by atoms with Gasteiger partial charge in [-0.05, 0) is 65.6 Å². The van der Waals surface area contributed by atoms with Crippen molar-refractivity contribution in [2.75, 3.05) is 0 Å². The van der Waals surface area contributed by atoms with Crippen LogP contribution in [0.5, 0.6) is 0 Å². The summed E-state index contributed by atoms with van der Waals surface area (Å²) < 4.78 is 11.4. The average Bonchev–Trinajstić information content (AvgIpc) is 1.62. The molecule has 8 aromatic heterocycles. The van der Waals surface area contributed by atoms with Crippen molar-refractivity contribution < 1.29 is 4.42 Å². The third-order valence-corrected chi connectivity index (χ3v) is 22.1. The molecule has 12 heteroatoms. The number of fused-ring (bicyclic) bond motifs is 9. The number of furan rings is 1. The van der Waals surface area contributed by atoms with Gasteiger partial charge in [-0.25, -0.2) is 34.9 Å². The smallest absolute Gasteiger partial charge is 0.163 e. The molecule has 8 heterocycles. The standard InChI is InChI=1S/2C20H20N2.C19H19N3.C16H16S.C15H15NO.C15H15NS/c1-20(2,3)18-14-17(15-10-6-4-7-11-15)21-19(22-18)16-12-8-5-9-13-16;1-20(2,3)19-21-17(15-10-6-4-7-11-15)14-18(22-19)16-12-8-5-9-13-16;1-19(2,3)18-21-16(14-10-6-4-7-11-14)20-17(22-18)15-12-8-5-9-13-15;1-16(2,3)11-8-9-15-13(10-11)12-6-4-5-7-14(12)17-15;2*1-15(2,3)14-13-11(8-9-16-14)10-6-4-5-7-12(10)17-13/h2*4-14H,1-3H3;4-13H,1-3H3;4-10H,1-3H3;2*4-9H,1-3H3. The van der Waals surface area contributed by atoms with Gasteiger partial charge in [0.15, 0.2) is 23.1 Å². The van der Waals surface area contributed by atoms with Gasteiger partial charge in [0.25, 0.3) is 0 Å². The molecule has 0 bridgehead atoms. The van der Waals surface area contributed by atoms with Crippen molar-refractivity contribution in [3.8, 4) is 67.9 Å². The first-order valence-electron chi connectivity index (χ1n) is 40.2. The maximum Gasteiger partial charge on any atom is 0.163 e. The summed E-state index contributed by atoms with van der Waals surface area (Å²) in [5.74, 6) is 3.90. The Labute approximate surface area is 698 Å². The minimum atomic E-state index is -0.129. The second-order valence-corrected chi connectivity index (χ2v) is 37.6. The van der Waals surface area contributed by atoms with Crippen molar-refractivity contribution in [3.63, 3.8) is 0 Å². The number of benzene rings is 10. The summed E-state index contributed by atoms with van der Waals surface area (Å²) in [5, 5.41) is 7.79. The van der Waals surface area contributed by atoms with Crippen molar-refractivity contribution >= 4 is 85.0 Å². The zero-order chi connectivity index (χ0) is 82.9. The second-order valence-electron chi connectivity index (χ2n) is 35.5. The number of para-hydroxylation sites is 1. The summed E-state index contributed by atoms with van der Waals surface area (Å²) in [5.41, 5.74) is 15.9. The van der Waals surface area contributed by atoms with E-state index in [9.17, 15) is 0 Å². The van der Waals surface area contributed by atoms with Crippen LogP contribution in [0, 0.1) is 0 Å². The van der Waals surface area contributed by atoms with Crippen LogP contribution in [0.3, 0.4) is 0 Å². The molecule has 18 rings (SSSR count). The van der Waals surface area contributed by atoms with Crippen molar-refractivity contribution in [3.05, 3.63) is 344 Å². The molecule has 0 unspecified atom stereocenters. The molecule has 0 atom stereocenters. The lowest BCUT2D eigenvalue weighted by Gasteiger charge is -2.19. The van der Waals surface area contributed by atoms with Crippen molar-refractivity contribution in [2.24, 2.45) is 0 Å². The van der Waals surface area contributed by atoms with E-state index in [1.807, 2.05) is 193 Å². The van der Waals surface area contributed by atoms with Crippen LogP contribution in [-0.2, 0) is 32.5 Å². The Morgan fingerprint density at radius 3 is 1.08 bits per heavy atom. The first-order valence-corrected chi connectivity index (χ1v) is 41.8. The van der Waals surface area contributed by atoms with Gasteiger partial charge in [-0.2, -0.15) is 0 Å². The number of thiophene rings is 2. The molecule has 0 aliphatic heterocycles. The average molecular weight is 1570 g/mol. The third-order valence-electron chi connectivity index (χ3n) is 19.8. The Hall–Kier alpha value is -12.1. The summed E-state index contributed by atoms with van der Waals surface area (Å²) in [6, 6.07) is 102. The molecule has 18 aromatic rings. The van der Waals surface area contributed by atoms with Gasteiger partial charge in [-0.1, -0.05) is 367 Å². The first kappa shape index (κ1) is 82.9. The Morgan fingerprint density at radius 2 is 0.624 bits per heavy atom. The molecule has 0 radical (unpaired) electrons. The Kier molecular flexibility index (Phi) is 24.9. The van der Waals surface area contributed by atoms with E-state index in [0.29, 0.717) is 0 Å². The molecule has 0 aliphatic carbocycles. The quantitative estimate of drug-likeness (QED) is 0.159. The van der Waals surface area contributed by atoms with Gasteiger partial charge >= 0.3 is 0 Å². The molecule has 588 valence electrons. The van der Waals surface area contributed by atoms with E-state index in [0.717, 1.165) is 113 Å². The summed E-state index contributed by atoms with van der Waals surface area (Å²) in [4.78, 5) is 42.2. The van der Waals surface area contributed by atoms with Crippen LogP contribution in [0.25, 0.3) is 130 Å². The molecular weight excluding hydrogens is 1470 g/mol. The van der Waals surface area contributed by atoms with Gasteiger partial charge in [0, 0.05) is 119 Å². The predicted octanol–water partition coefficient (Wildman–Crippen LogP) is 29.1. The fraction of sp³-hybridized carbons (Fsp3) is 0.229. The number of nitrogens with zero attached hydrogens (tertiary/aromatic N) is 9. The molecule has 10 aromatic carbocycles. The van der Waals surface area contributed by atoms with Gasteiger partial charge in [0.1, 0.15) is 17.2 Å². The summed E-state index contributed by atoms with van der Waals surface area (Å²) >= 11 is 3.73. The van der Waals surface area contributed by atoms with E-state index in [1.165, 1.54) is 51.6 Å². The predicted molar refractivity (Wildman–Crippen MR) is 497 cm³/mol. The fourth-order valence-corrected chi connectivity index (χ4v) is 15.8. The molecule has 0 amide bonds. The molecular formula is C105H105N9OS2. The van der Waals surface area contributed by atoms with Crippen LogP contribution in [0.4, 0.5) is 0 Å². The van der Waals surface area contributed by atoms with E-state index >= 15 is 0 Å². The van der Waals surface area contributed by atoms with E-state index < -0.39 is 0 Å². The Bertz CT molecular complexity index is 5720. The zero-order valence-electron chi connectivity index (χ0n) is 70.7. The normalized spacial score (nSPS) is 11.8. The minimum absolute atomic E-state index is 0.00656. The number of hydrogen-bond donors (Lipinski definition) is 0. The lowest BCUT2D eigenvalue weighted by Crippen LogP contribution is -2.18. The monoisotopic (exact) mass is 1570 g/mol. The molecule has 0 aliphatic rings.